The summed E-state index contributed by atoms with van der Waals surface area (Å²) in [6.07, 6.45) is 13.5. The molecule has 31 heavy (non-hydrogen) atoms. The van der Waals surface area contributed by atoms with Crippen LogP contribution in [-0.4, -0.2) is 28.1 Å². The molecule has 0 amide bonds. The third-order valence-electron chi connectivity index (χ3n) is 9.16. The zero-order valence-electron chi connectivity index (χ0n) is 22.4. The normalized spacial score (nSPS) is 43.8. The molecule has 0 heterocycles. The zero-order valence-corrected chi connectivity index (χ0v) is 19.4. The molecule has 0 aliphatic heterocycles. The first kappa shape index (κ1) is 19.5. The van der Waals surface area contributed by atoms with Gasteiger partial charge in [0.1, 0.15) is 6.17 Å². The maximum atomic E-state index is 14.2. The van der Waals surface area contributed by atoms with Crippen molar-refractivity contribution in [2.24, 2.45) is 22.7 Å². The number of halogens is 1. The molecule has 0 radical (unpaired) electrons. The Bertz CT molecular complexity index is 854. The van der Waals surface area contributed by atoms with Gasteiger partial charge in [0, 0.05) is 10.5 Å². The number of aliphatic hydroxyl groups is 2. The summed E-state index contributed by atoms with van der Waals surface area (Å²) in [5, 5.41) is 20.4. The quantitative estimate of drug-likeness (QED) is 0.482. The molecule has 0 aromatic rings. The van der Waals surface area contributed by atoms with E-state index >= 15 is 0 Å². The van der Waals surface area contributed by atoms with Gasteiger partial charge < -0.3 is 10.2 Å². The van der Waals surface area contributed by atoms with Crippen LogP contribution in [0.2, 0.25) is 0 Å². The molecule has 0 aromatic heterocycles. The maximum absolute atomic E-state index is 14.2. The highest BCUT2D eigenvalue weighted by atomic mass is 19.1. The molecule has 0 saturated heterocycles. The van der Waals surface area contributed by atoms with E-state index < -0.39 is 24.7 Å². The Kier molecular flexibility index (Phi) is 5.32. The van der Waals surface area contributed by atoms with E-state index in [0.29, 0.717) is 35.7 Å². The van der Waals surface area contributed by atoms with Crippen LogP contribution in [0.25, 0.3) is 0 Å². The third-order valence-corrected chi connectivity index (χ3v) is 9.16. The standard InChI is InChI=1S/C28H43FO2/c1-19-21(17-22(30)18-24(19)29)9-8-20-7-5-13-27(4)23(20)10-11-25(27)28(15-16-28)14-6-12-26(2,3)31/h8-9,22-25,30-31H,1,5-7,10-18H2,2-4H3/b20-8+,21-9-/t22-,23?,24+,25+,27+/m1/s1/i2D3/t22-,23?,24+,25+,26?,27+. The zero-order chi connectivity index (χ0) is 24.9. The Balaban J connectivity index is 1.46. The van der Waals surface area contributed by atoms with Crippen LogP contribution in [0.3, 0.4) is 0 Å². The maximum Gasteiger partial charge on any atom is 0.127 e. The average Bonchev–Trinajstić information content (AvgIpc) is 3.41. The second kappa shape index (κ2) is 8.45. The van der Waals surface area contributed by atoms with Gasteiger partial charge in [0.25, 0.3) is 0 Å². The lowest BCUT2D eigenvalue weighted by molar-refractivity contribution is 0.0521. The van der Waals surface area contributed by atoms with Crippen molar-refractivity contribution in [3.05, 3.63) is 35.5 Å². The minimum atomic E-state index is -2.34. The first-order chi connectivity index (χ1) is 15.8. The molecular formula is C28H43FO2. The lowest BCUT2D eigenvalue weighted by Crippen LogP contribution is -2.37. The van der Waals surface area contributed by atoms with Gasteiger partial charge in [0.2, 0.25) is 0 Å². The van der Waals surface area contributed by atoms with Gasteiger partial charge in [-0.3, -0.25) is 0 Å². The van der Waals surface area contributed by atoms with Crippen molar-refractivity contribution in [1.82, 2.24) is 0 Å². The topological polar surface area (TPSA) is 40.5 Å². The van der Waals surface area contributed by atoms with Crippen molar-refractivity contribution in [2.45, 2.75) is 116 Å². The van der Waals surface area contributed by atoms with E-state index in [4.69, 9.17) is 4.11 Å². The van der Waals surface area contributed by atoms with E-state index in [-0.39, 0.29) is 11.8 Å². The fourth-order valence-electron chi connectivity index (χ4n) is 7.40. The van der Waals surface area contributed by atoms with E-state index in [0.717, 1.165) is 31.3 Å². The van der Waals surface area contributed by atoms with E-state index in [2.05, 4.69) is 19.6 Å². The second-order valence-electron chi connectivity index (χ2n) is 11.6. The second-order valence-corrected chi connectivity index (χ2v) is 11.6. The first-order valence-corrected chi connectivity index (χ1v) is 12.4. The van der Waals surface area contributed by atoms with Crippen LogP contribution in [0, 0.1) is 22.7 Å². The summed E-state index contributed by atoms with van der Waals surface area (Å²) in [6, 6.07) is 0. The fourth-order valence-corrected chi connectivity index (χ4v) is 7.40. The largest absolute Gasteiger partial charge is 0.393 e. The SMILES string of the molecule is [2H]C([2H])([2H])C(C)(O)CCCC1([C@H]2CCC3/C(=C/C=C4/C[C@@H](O)C[C@H](F)C4=C)CCC[C@@]32C)CC1. The monoisotopic (exact) mass is 433 g/mol. The fraction of sp³-hybridized carbons (Fsp3) is 0.786. The molecule has 174 valence electrons. The summed E-state index contributed by atoms with van der Waals surface area (Å²) < 4.78 is 37.0. The van der Waals surface area contributed by atoms with Crippen LogP contribution in [0.15, 0.2) is 35.5 Å². The Morgan fingerprint density at radius 3 is 2.77 bits per heavy atom. The number of allylic oxidation sites excluding steroid dienone is 4. The molecule has 3 heteroatoms. The highest BCUT2D eigenvalue weighted by Crippen LogP contribution is 2.70. The van der Waals surface area contributed by atoms with Crippen molar-refractivity contribution < 1.29 is 18.7 Å². The summed E-state index contributed by atoms with van der Waals surface area (Å²) in [6.45, 7) is 5.51. The van der Waals surface area contributed by atoms with Gasteiger partial charge in [-0.05, 0) is 112 Å². The molecule has 4 saturated carbocycles. The van der Waals surface area contributed by atoms with E-state index in [9.17, 15) is 14.6 Å². The van der Waals surface area contributed by atoms with Crippen LogP contribution in [0.4, 0.5) is 4.39 Å². The van der Waals surface area contributed by atoms with Gasteiger partial charge in [-0.1, -0.05) is 37.6 Å². The van der Waals surface area contributed by atoms with Crippen LogP contribution in [0.1, 0.15) is 102 Å². The molecule has 0 aromatic carbocycles. The highest BCUT2D eigenvalue weighted by molar-refractivity contribution is 5.39. The van der Waals surface area contributed by atoms with E-state index in [1.165, 1.54) is 44.6 Å². The summed E-state index contributed by atoms with van der Waals surface area (Å²) >= 11 is 0. The van der Waals surface area contributed by atoms with E-state index in [1.807, 2.05) is 6.08 Å². The Labute approximate surface area is 192 Å². The smallest absolute Gasteiger partial charge is 0.127 e. The minimum absolute atomic E-state index is 0.152. The van der Waals surface area contributed by atoms with Gasteiger partial charge in [0.15, 0.2) is 0 Å². The summed E-state index contributed by atoms with van der Waals surface area (Å²) in [5.74, 6) is 1.18. The van der Waals surface area contributed by atoms with Crippen molar-refractivity contribution >= 4 is 0 Å². The Hall–Kier alpha value is -0.930. The van der Waals surface area contributed by atoms with Crippen molar-refractivity contribution in [3.8, 4) is 0 Å². The molecule has 2 N–H and O–H groups in total. The Morgan fingerprint density at radius 1 is 1.29 bits per heavy atom. The molecular weight excluding hydrogens is 387 g/mol. The molecule has 4 aliphatic rings. The number of fused-ring (bicyclic) bond motifs is 1. The summed E-state index contributed by atoms with van der Waals surface area (Å²) in [4.78, 5) is 0. The van der Waals surface area contributed by atoms with Gasteiger partial charge >= 0.3 is 0 Å². The van der Waals surface area contributed by atoms with Crippen molar-refractivity contribution in [1.29, 1.82) is 0 Å². The van der Waals surface area contributed by atoms with Gasteiger partial charge in [-0.25, -0.2) is 4.39 Å². The first-order valence-electron chi connectivity index (χ1n) is 13.9. The molecule has 0 bridgehead atoms. The van der Waals surface area contributed by atoms with Crippen LogP contribution >= 0.6 is 0 Å². The molecule has 4 aliphatic carbocycles. The number of hydrogen-bond donors (Lipinski definition) is 2. The lowest BCUT2D eigenvalue weighted by Gasteiger charge is -2.45. The molecule has 2 nitrogen and oxygen atoms in total. The molecule has 6 atom stereocenters. The number of alkyl halides is 1. The Morgan fingerprint density at radius 2 is 2.06 bits per heavy atom. The summed E-state index contributed by atoms with van der Waals surface area (Å²) in [7, 11) is 0. The average molecular weight is 434 g/mol. The third kappa shape index (κ3) is 4.74. The summed E-state index contributed by atoms with van der Waals surface area (Å²) in [5.41, 5.74) is 1.77. The number of hydrogen-bond acceptors (Lipinski definition) is 2. The predicted octanol–water partition coefficient (Wildman–Crippen LogP) is 6.83. The molecule has 2 unspecified atom stereocenters. The van der Waals surface area contributed by atoms with Crippen LogP contribution in [0.5, 0.6) is 0 Å². The molecule has 4 rings (SSSR count). The highest BCUT2D eigenvalue weighted by Gasteiger charge is 2.60. The van der Waals surface area contributed by atoms with Crippen molar-refractivity contribution in [2.75, 3.05) is 0 Å². The molecule has 0 spiro atoms. The number of aliphatic hydroxyl groups excluding tert-OH is 1. The minimum Gasteiger partial charge on any atom is -0.393 e. The van der Waals surface area contributed by atoms with Crippen molar-refractivity contribution in [3.63, 3.8) is 0 Å². The molecule has 4 fully saturated rings. The van der Waals surface area contributed by atoms with Crippen LogP contribution < -0.4 is 0 Å². The lowest BCUT2D eigenvalue weighted by atomic mass is 9.59. The van der Waals surface area contributed by atoms with Gasteiger partial charge in [-0.15, -0.1) is 0 Å². The van der Waals surface area contributed by atoms with Gasteiger partial charge in [-0.2, -0.15) is 0 Å². The van der Waals surface area contributed by atoms with Crippen LogP contribution in [-0.2, 0) is 0 Å². The van der Waals surface area contributed by atoms with Gasteiger partial charge in [0.05, 0.1) is 11.7 Å². The van der Waals surface area contributed by atoms with E-state index in [1.54, 1.807) is 0 Å². The predicted molar refractivity (Wildman–Crippen MR) is 125 cm³/mol. The number of rotatable bonds is 6.